The third kappa shape index (κ3) is 3.61. The van der Waals surface area contributed by atoms with Gasteiger partial charge in [0.15, 0.2) is 0 Å². The van der Waals surface area contributed by atoms with Crippen molar-refractivity contribution in [2.75, 3.05) is 13.7 Å². The first-order valence-corrected chi connectivity index (χ1v) is 8.30. The first-order chi connectivity index (χ1) is 12.0. The Labute approximate surface area is 146 Å². The fourth-order valence-corrected chi connectivity index (χ4v) is 3.11. The molecule has 132 valence electrons. The normalized spacial score (nSPS) is 20.3. The molecule has 1 heterocycles. The molecule has 1 unspecified atom stereocenters. The van der Waals surface area contributed by atoms with Crippen molar-refractivity contribution in [1.29, 1.82) is 0 Å². The van der Waals surface area contributed by atoms with E-state index in [0.29, 0.717) is 29.9 Å². The van der Waals surface area contributed by atoms with Gasteiger partial charge in [0.25, 0.3) is 0 Å². The summed E-state index contributed by atoms with van der Waals surface area (Å²) in [6.45, 7) is 2.03. The Hall–Kier alpha value is -2.53. The van der Waals surface area contributed by atoms with Crippen LogP contribution in [0.5, 0.6) is 11.5 Å². The van der Waals surface area contributed by atoms with E-state index in [1.165, 1.54) is 0 Å². The average molecular weight is 342 g/mol. The maximum atomic E-state index is 11.1. The van der Waals surface area contributed by atoms with Crippen LogP contribution in [0.1, 0.15) is 35.6 Å². The van der Waals surface area contributed by atoms with Gasteiger partial charge in [0.05, 0.1) is 25.7 Å². The molecule has 0 spiro atoms. The van der Waals surface area contributed by atoms with E-state index in [1.54, 1.807) is 32.2 Å². The number of benzene rings is 2. The quantitative estimate of drug-likeness (QED) is 0.873. The monoisotopic (exact) mass is 342 g/mol. The molecule has 1 aliphatic heterocycles. The molecule has 0 aromatic heterocycles. The van der Waals surface area contributed by atoms with Crippen molar-refractivity contribution in [3.8, 4) is 11.5 Å². The summed E-state index contributed by atoms with van der Waals surface area (Å²) in [6, 6.07) is 13.0. The number of rotatable bonds is 5. The number of carboxylic acid groups (broad SMARTS) is 1. The number of fused-ring (bicyclic) bond motifs is 1. The lowest BCUT2D eigenvalue weighted by Crippen LogP contribution is -2.28. The van der Waals surface area contributed by atoms with Crippen LogP contribution in [0.3, 0.4) is 0 Å². The second kappa shape index (κ2) is 7.15. The van der Waals surface area contributed by atoms with Crippen molar-refractivity contribution in [2.45, 2.75) is 25.4 Å². The fraction of sp³-hybridized carbons (Fsp3) is 0.350. The van der Waals surface area contributed by atoms with Crippen molar-refractivity contribution in [1.82, 2.24) is 0 Å². The third-order valence-electron chi connectivity index (χ3n) is 4.78. The number of carboxylic acids is 1. The van der Waals surface area contributed by atoms with Crippen LogP contribution < -0.4 is 9.47 Å². The van der Waals surface area contributed by atoms with Crippen molar-refractivity contribution >= 4 is 5.97 Å². The van der Waals surface area contributed by atoms with Gasteiger partial charge < -0.3 is 19.7 Å². The molecule has 0 bridgehead atoms. The molecule has 2 aromatic rings. The second-order valence-electron chi connectivity index (χ2n) is 6.43. The number of methoxy groups -OCH3 is 1. The van der Waals surface area contributed by atoms with Gasteiger partial charge in [-0.25, -0.2) is 0 Å². The van der Waals surface area contributed by atoms with Crippen molar-refractivity contribution in [2.24, 2.45) is 5.92 Å². The molecule has 5 heteroatoms. The third-order valence-corrected chi connectivity index (χ3v) is 4.78. The smallest absolute Gasteiger partial charge is 0.310 e. The molecule has 3 atom stereocenters. The number of aliphatic hydroxyl groups excluding tert-OH is 1. The van der Waals surface area contributed by atoms with Crippen molar-refractivity contribution in [3.05, 3.63) is 59.2 Å². The Morgan fingerprint density at radius 2 is 2.00 bits per heavy atom. The lowest BCUT2D eigenvalue weighted by molar-refractivity contribution is -0.138. The van der Waals surface area contributed by atoms with Crippen LogP contribution in [0, 0.1) is 5.92 Å². The van der Waals surface area contributed by atoms with E-state index >= 15 is 0 Å². The van der Waals surface area contributed by atoms with Gasteiger partial charge in [-0.05, 0) is 42.7 Å². The van der Waals surface area contributed by atoms with E-state index in [9.17, 15) is 9.90 Å². The first kappa shape index (κ1) is 17.3. The summed E-state index contributed by atoms with van der Waals surface area (Å²) in [5.41, 5.74) is 2.49. The van der Waals surface area contributed by atoms with E-state index in [1.807, 2.05) is 24.3 Å². The number of hydrogen-bond acceptors (Lipinski definition) is 4. The van der Waals surface area contributed by atoms with Gasteiger partial charge in [0.1, 0.15) is 11.5 Å². The molecule has 0 aliphatic carbocycles. The Balaban J connectivity index is 1.76. The van der Waals surface area contributed by atoms with Gasteiger partial charge in [-0.15, -0.1) is 0 Å². The minimum Gasteiger partial charge on any atom is -0.497 e. The van der Waals surface area contributed by atoms with Crippen LogP contribution in [0.25, 0.3) is 0 Å². The highest BCUT2D eigenvalue weighted by atomic mass is 16.5. The predicted molar refractivity (Wildman–Crippen MR) is 93.1 cm³/mol. The molecule has 0 fully saturated rings. The molecule has 1 aliphatic rings. The maximum absolute atomic E-state index is 11.1. The zero-order chi connectivity index (χ0) is 18.0. The van der Waals surface area contributed by atoms with Crippen molar-refractivity contribution < 1.29 is 24.5 Å². The maximum Gasteiger partial charge on any atom is 0.310 e. The highest BCUT2D eigenvalue weighted by molar-refractivity contribution is 5.75. The van der Waals surface area contributed by atoms with Crippen LogP contribution in [0.2, 0.25) is 0 Å². The summed E-state index contributed by atoms with van der Waals surface area (Å²) in [7, 11) is 1.63. The zero-order valence-corrected chi connectivity index (χ0v) is 14.3. The Morgan fingerprint density at radius 3 is 2.64 bits per heavy atom. The Bertz CT molecular complexity index is 753. The van der Waals surface area contributed by atoms with E-state index < -0.39 is 18.0 Å². The molecule has 3 rings (SSSR count). The number of hydrogen-bond donors (Lipinski definition) is 2. The highest BCUT2D eigenvalue weighted by Crippen LogP contribution is 2.38. The van der Waals surface area contributed by atoms with Gasteiger partial charge in [-0.2, -0.15) is 0 Å². The van der Waals surface area contributed by atoms with Gasteiger partial charge in [0.2, 0.25) is 0 Å². The predicted octanol–water partition coefficient (Wildman–Crippen LogP) is 3.17. The number of aliphatic carboxylic acids is 1. The molecule has 0 radical (unpaired) electrons. The minimum absolute atomic E-state index is 0.0522. The van der Waals surface area contributed by atoms with E-state index in [-0.39, 0.29) is 5.92 Å². The molecular formula is C20H22O5. The molecule has 25 heavy (non-hydrogen) atoms. The van der Waals surface area contributed by atoms with E-state index in [0.717, 1.165) is 11.3 Å². The number of ether oxygens (including phenoxy) is 2. The van der Waals surface area contributed by atoms with Crippen LogP contribution in [-0.4, -0.2) is 29.9 Å². The average Bonchev–Trinajstić information content (AvgIpc) is 2.63. The lowest BCUT2D eigenvalue weighted by Gasteiger charge is -2.31. The first-order valence-electron chi connectivity index (χ1n) is 8.30. The molecule has 2 N–H and O–H groups in total. The summed E-state index contributed by atoms with van der Waals surface area (Å²) >= 11 is 0. The number of aliphatic hydroxyl groups is 1. The summed E-state index contributed by atoms with van der Waals surface area (Å²) in [4.78, 5) is 11.1. The van der Waals surface area contributed by atoms with E-state index in [4.69, 9.17) is 14.6 Å². The second-order valence-corrected chi connectivity index (χ2v) is 6.43. The molecular weight excluding hydrogens is 320 g/mol. The van der Waals surface area contributed by atoms with Crippen LogP contribution in [0.4, 0.5) is 0 Å². The molecule has 5 nitrogen and oxygen atoms in total. The summed E-state index contributed by atoms with van der Waals surface area (Å²) in [6.07, 6.45) is 0.0535. The van der Waals surface area contributed by atoms with Crippen LogP contribution in [-0.2, 0) is 11.2 Å². The molecule has 2 aromatic carbocycles. The van der Waals surface area contributed by atoms with Crippen LogP contribution in [0.15, 0.2) is 42.5 Å². The van der Waals surface area contributed by atoms with Crippen molar-refractivity contribution in [3.63, 3.8) is 0 Å². The van der Waals surface area contributed by atoms with Gasteiger partial charge in [0, 0.05) is 11.5 Å². The minimum atomic E-state index is -0.881. The SMILES string of the molecule is COc1ccc(C[C@H]2COc3cc(C(C)C(=O)O)ccc3[C@@H]2O)cc1. The standard InChI is InChI=1S/C20H22O5/c1-12(20(22)23)14-5-8-17-18(10-14)25-11-15(19(17)21)9-13-3-6-16(24-2)7-4-13/h3-8,10,12,15,19,21H,9,11H2,1-2H3,(H,22,23)/t12?,15-,19+/m0/s1. The lowest BCUT2D eigenvalue weighted by atomic mass is 9.87. The molecule has 0 saturated carbocycles. The fourth-order valence-electron chi connectivity index (χ4n) is 3.11. The summed E-state index contributed by atoms with van der Waals surface area (Å²) in [5.74, 6) is -0.168. The molecule has 0 amide bonds. The van der Waals surface area contributed by atoms with Crippen LogP contribution >= 0.6 is 0 Å². The van der Waals surface area contributed by atoms with Gasteiger partial charge in [-0.1, -0.05) is 24.3 Å². The van der Waals surface area contributed by atoms with E-state index in [2.05, 4.69) is 0 Å². The Kier molecular flexibility index (Phi) is 4.95. The van der Waals surface area contributed by atoms with Gasteiger partial charge in [-0.3, -0.25) is 4.79 Å². The number of carbonyl (C=O) groups is 1. The summed E-state index contributed by atoms with van der Waals surface area (Å²) < 4.78 is 11.0. The highest BCUT2D eigenvalue weighted by Gasteiger charge is 2.30. The summed E-state index contributed by atoms with van der Waals surface area (Å²) in [5, 5.41) is 19.8. The van der Waals surface area contributed by atoms with Gasteiger partial charge >= 0.3 is 5.97 Å². The largest absolute Gasteiger partial charge is 0.497 e. The molecule has 0 saturated heterocycles. The Morgan fingerprint density at radius 1 is 1.28 bits per heavy atom. The zero-order valence-electron chi connectivity index (χ0n) is 14.3. The topological polar surface area (TPSA) is 76.0 Å².